The van der Waals surface area contributed by atoms with Crippen LogP contribution in [-0.2, 0) is 16.1 Å². The SMILES string of the molecule is Cc1ccc(Cn2nc(C)c(/C=C/C(=O)NCC(O)CN3CCOCC3)c2C)cc1. The smallest absolute Gasteiger partial charge is 0.244 e. The summed E-state index contributed by atoms with van der Waals surface area (Å²) in [7, 11) is 0. The number of benzene rings is 1. The highest BCUT2D eigenvalue weighted by molar-refractivity contribution is 5.92. The van der Waals surface area contributed by atoms with Crippen molar-refractivity contribution in [2.24, 2.45) is 0 Å². The zero-order valence-electron chi connectivity index (χ0n) is 18.1. The van der Waals surface area contributed by atoms with Gasteiger partial charge in [-0.2, -0.15) is 5.10 Å². The number of nitrogens with zero attached hydrogens (tertiary/aromatic N) is 3. The molecule has 0 saturated carbocycles. The van der Waals surface area contributed by atoms with Crippen LogP contribution in [0, 0.1) is 20.8 Å². The normalized spacial score (nSPS) is 16.1. The third-order valence-corrected chi connectivity index (χ3v) is 5.38. The van der Waals surface area contributed by atoms with Crippen molar-refractivity contribution in [2.75, 3.05) is 39.4 Å². The molecule has 1 saturated heterocycles. The van der Waals surface area contributed by atoms with E-state index in [1.165, 1.54) is 17.2 Å². The Balaban J connectivity index is 1.52. The van der Waals surface area contributed by atoms with Gasteiger partial charge in [-0.05, 0) is 32.4 Å². The van der Waals surface area contributed by atoms with E-state index in [1.54, 1.807) is 6.08 Å². The van der Waals surface area contributed by atoms with Gasteiger partial charge in [0.25, 0.3) is 0 Å². The van der Waals surface area contributed by atoms with Gasteiger partial charge in [-0.3, -0.25) is 14.4 Å². The predicted octanol–water partition coefficient (Wildman–Crippen LogP) is 1.68. The molecule has 1 amide bonds. The largest absolute Gasteiger partial charge is 0.390 e. The Morgan fingerprint density at radius 1 is 1.23 bits per heavy atom. The molecule has 2 aromatic rings. The van der Waals surface area contributed by atoms with Crippen LogP contribution in [0.5, 0.6) is 0 Å². The Bertz CT molecular complexity index is 867. The predicted molar refractivity (Wildman–Crippen MR) is 117 cm³/mol. The van der Waals surface area contributed by atoms with Gasteiger partial charge in [-0.25, -0.2) is 0 Å². The number of hydrogen-bond acceptors (Lipinski definition) is 5. The summed E-state index contributed by atoms with van der Waals surface area (Å²) in [4.78, 5) is 14.3. The van der Waals surface area contributed by atoms with Crippen molar-refractivity contribution in [1.82, 2.24) is 20.0 Å². The number of amides is 1. The van der Waals surface area contributed by atoms with Crippen molar-refractivity contribution in [3.8, 4) is 0 Å². The Morgan fingerprint density at radius 2 is 1.93 bits per heavy atom. The Labute approximate surface area is 178 Å². The van der Waals surface area contributed by atoms with E-state index in [9.17, 15) is 9.90 Å². The monoisotopic (exact) mass is 412 g/mol. The minimum Gasteiger partial charge on any atom is -0.390 e. The molecule has 30 heavy (non-hydrogen) atoms. The molecule has 7 nitrogen and oxygen atoms in total. The first-order chi connectivity index (χ1) is 14.4. The van der Waals surface area contributed by atoms with Gasteiger partial charge >= 0.3 is 0 Å². The lowest BCUT2D eigenvalue weighted by atomic mass is 10.1. The van der Waals surface area contributed by atoms with E-state index in [2.05, 4.69) is 46.5 Å². The molecule has 1 atom stereocenters. The molecule has 1 fully saturated rings. The number of nitrogens with one attached hydrogen (secondary N) is 1. The molecule has 1 aliphatic heterocycles. The summed E-state index contributed by atoms with van der Waals surface area (Å²) in [6.45, 7) is 10.5. The lowest BCUT2D eigenvalue weighted by Crippen LogP contribution is -2.44. The maximum atomic E-state index is 12.2. The number of hydrogen-bond donors (Lipinski definition) is 2. The van der Waals surface area contributed by atoms with Crippen LogP contribution in [0.3, 0.4) is 0 Å². The van der Waals surface area contributed by atoms with Crippen LogP contribution in [0.25, 0.3) is 6.08 Å². The zero-order valence-corrected chi connectivity index (χ0v) is 18.1. The molecule has 2 N–H and O–H groups in total. The summed E-state index contributed by atoms with van der Waals surface area (Å²) < 4.78 is 7.27. The summed E-state index contributed by atoms with van der Waals surface area (Å²) in [5.74, 6) is -0.221. The first-order valence-corrected chi connectivity index (χ1v) is 10.5. The van der Waals surface area contributed by atoms with Crippen LogP contribution in [0.2, 0.25) is 0 Å². The van der Waals surface area contributed by atoms with Gasteiger partial charge in [0.15, 0.2) is 0 Å². The molecule has 3 rings (SSSR count). The van der Waals surface area contributed by atoms with Crippen LogP contribution in [0.4, 0.5) is 0 Å². The van der Waals surface area contributed by atoms with E-state index in [-0.39, 0.29) is 12.5 Å². The molecule has 0 spiro atoms. The number of aromatic nitrogens is 2. The lowest BCUT2D eigenvalue weighted by Gasteiger charge is -2.28. The van der Waals surface area contributed by atoms with E-state index < -0.39 is 6.10 Å². The first-order valence-electron chi connectivity index (χ1n) is 10.5. The summed E-state index contributed by atoms with van der Waals surface area (Å²) in [6, 6.07) is 8.41. The standard InChI is InChI=1S/C23H32N4O3/c1-17-4-6-20(7-5-17)15-27-19(3)22(18(2)25-27)8-9-23(29)24-14-21(28)16-26-10-12-30-13-11-26/h4-9,21,28H,10-16H2,1-3H3,(H,24,29)/b9-8+. The second-order valence-corrected chi connectivity index (χ2v) is 7.87. The molecule has 2 heterocycles. The highest BCUT2D eigenvalue weighted by atomic mass is 16.5. The Morgan fingerprint density at radius 3 is 2.63 bits per heavy atom. The molecular formula is C23H32N4O3. The number of morpholine rings is 1. The van der Waals surface area contributed by atoms with Crippen LogP contribution < -0.4 is 5.32 Å². The van der Waals surface area contributed by atoms with E-state index in [4.69, 9.17) is 4.74 Å². The number of β-amino-alcohol motifs (C(OH)–C–C–N with tert-alkyl or cyclic N) is 1. The first kappa shape index (κ1) is 22.2. The van der Waals surface area contributed by atoms with Crippen LogP contribution in [0.15, 0.2) is 30.3 Å². The average Bonchev–Trinajstić information content (AvgIpc) is 3.00. The van der Waals surface area contributed by atoms with Gasteiger partial charge in [0.2, 0.25) is 5.91 Å². The average molecular weight is 413 g/mol. The molecule has 162 valence electrons. The van der Waals surface area contributed by atoms with Crippen molar-refractivity contribution in [3.05, 3.63) is 58.4 Å². The van der Waals surface area contributed by atoms with Crippen molar-refractivity contribution in [3.63, 3.8) is 0 Å². The topological polar surface area (TPSA) is 79.6 Å². The molecule has 1 aliphatic rings. The third kappa shape index (κ3) is 6.26. The maximum absolute atomic E-state index is 12.2. The number of aliphatic hydroxyl groups excluding tert-OH is 1. The number of carbonyl (C=O) groups is 1. The molecule has 1 aromatic heterocycles. The van der Waals surface area contributed by atoms with E-state index in [0.717, 1.165) is 30.0 Å². The fourth-order valence-electron chi connectivity index (χ4n) is 3.56. The van der Waals surface area contributed by atoms with Crippen molar-refractivity contribution in [2.45, 2.75) is 33.4 Å². The molecule has 1 aromatic carbocycles. The maximum Gasteiger partial charge on any atom is 0.244 e. The quantitative estimate of drug-likeness (QED) is 0.645. The molecule has 0 radical (unpaired) electrons. The van der Waals surface area contributed by atoms with Gasteiger partial charge in [0.1, 0.15) is 0 Å². The molecular weight excluding hydrogens is 380 g/mol. The second kappa shape index (κ2) is 10.5. The number of aliphatic hydroxyl groups is 1. The van der Waals surface area contributed by atoms with Gasteiger partial charge in [-0.1, -0.05) is 29.8 Å². The number of ether oxygens (including phenoxy) is 1. The fraction of sp³-hybridized carbons (Fsp3) is 0.478. The lowest BCUT2D eigenvalue weighted by molar-refractivity contribution is -0.117. The Hall–Kier alpha value is -2.48. The molecule has 1 unspecified atom stereocenters. The molecule has 0 aliphatic carbocycles. The van der Waals surface area contributed by atoms with Crippen molar-refractivity contribution in [1.29, 1.82) is 0 Å². The Kier molecular flexibility index (Phi) is 7.79. The summed E-state index contributed by atoms with van der Waals surface area (Å²) in [6.07, 6.45) is 2.71. The van der Waals surface area contributed by atoms with Gasteiger partial charge in [-0.15, -0.1) is 0 Å². The van der Waals surface area contributed by atoms with Gasteiger partial charge in [0, 0.05) is 43.5 Å². The van der Waals surface area contributed by atoms with Crippen LogP contribution in [-0.4, -0.2) is 71.2 Å². The second-order valence-electron chi connectivity index (χ2n) is 7.87. The van der Waals surface area contributed by atoms with Crippen molar-refractivity contribution >= 4 is 12.0 Å². The van der Waals surface area contributed by atoms with Crippen LogP contribution >= 0.6 is 0 Å². The fourth-order valence-corrected chi connectivity index (χ4v) is 3.56. The summed E-state index contributed by atoms with van der Waals surface area (Å²) in [5, 5.41) is 17.5. The third-order valence-electron chi connectivity index (χ3n) is 5.38. The number of aryl methyl sites for hydroxylation is 2. The molecule has 7 heteroatoms. The van der Waals surface area contributed by atoms with Crippen LogP contribution in [0.1, 0.15) is 28.1 Å². The minimum absolute atomic E-state index is 0.221. The minimum atomic E-state index is -0.596. The summed E-state index contributed by atoms with van der Waals surface area (Å²) >= 11 is 0. The number of rotatable bonds is 8. The number of carbonyl (C=O) groups excluding carboxylic acids is 1. The van der Waals surface area contributed by atoms with E-state index >= 15 is 0 Å². The highest BCUT2D eigenvalue weighted by Gasteiger charge is 2.15. The van der Waals surface area contributed by atoms with Gasteiger partial charge in [0.05, 0.1) is 31.6 Å². The van der Waals surface area contributed by atoms with E-state index in [0.29, 0.717) is 26.3 Å². The van der Waals surface area contributed by atoms with Crippen molar-refractivity contribution < 1.29 is 14.6 Å². The highest BCUT2D eigenvalue weighted by Crippen LogP contribution is 2.16. The molecule has 0 bridgehead atoms. The van der Waals surface area contributed by atoms with Gasteiger partial charge < -0.3 is 15.2 Å². The summed E-state index contributed by atoms with van der Waals surface area (Å²) in [5.41, 5.74) is 5.28. The van der Waals surface area contributed by atoms with E-state index in [1.807, 2.05) is 18.5 Å². The zero-order chi connectivity index (χ0) is 21.5.